The van der Waals surface area contributed by atoms with E-state index in [4.69, 9.17) is 9.47 Å². The van der Waals surface area contributed by atoms with Crippen molar-refractivity contribution in [1.29, 1.82) is 0 Å². The van der Waals surface area contributed by atoms with Gasteiger partial charge in [0.25, 0.3) is 0 Å². The van der Waals surface area contributed by atoms with Crippen LogP contribution < -0.4 is 10.6 Å². The van der Waals surface area contributed by atoms with Crippen molar-refractivity contribution in [3.05, 3.63) is 0 Å². The van der Waals surface area contributed by atoms with Crippen LogP contribution in [0.3, 0.4) is 0 Å². The van der Waals surface area contributed by atoms with E-state index in [1.807, 2.05) is 13.8 Å². The van der Waals surface area contributed by atoms with E-state index in [0.717, 1.165) is 13.5 Å². The van der Waals surface area contributed by atoms with Crippen molar-refractivity contribution >= 4 is 11.9 Å². The smallest absolute Gasteiger partial charge is 0.370 e. The molecular formula is C16H29FN2O6. The molecule has 0 radical (unpaired) electrons. The lowest BCUT2D eigenvalue weighted by atomic mass is 9.90. The number of rotatable bonds is 9. The molecule has 0 aromatic carbocycles. The van der Waals surface area contributed by atoms with Crippen LogP contribution in [0.4, 0.5) is 4.39 Å². The fourth-order valence-corrected chi connectivity index (χ4v) is 2.70. The molecule has 1 rings (SSSR count). The summed E-state index contributed by atoms with van der Waals surface area (Å²) in [6.45, 7) is 5.86. The number of hydrogen-bond donors (Lipinski definition) is 3. The summed E-state index contributed by atoms with van der Waals surface area (Å²) in [7, 11) is 1.09. The van der Waals surface area contributed by atoms with Gasteiger partial charge in [-0.15, -0.1) is 0 Å². The Kier molecular flexibility index (Phi) is 8.70. The molecule has 5 unspecified atom stereocenters. The number of nitrogens with one attached hydrogen (secondary N) is 2. The van der Waals surface area contributed by atoms with Crippen molar-refractivity contribution in [1.82, 2.24) is 10.6 Å². The lowest BCUT2D eigenvalue weighted by Gasteiger charge is -2.47. The van der Waals surface area contributed by atoms with Crippen molar-refractivity contribution in [2.45, 2.75) is 63.8 Å². The maximum absolute atomic E-state index is 15.0. The maximum Gasteiger partial charge on any atom is 0.370 e. The highest BCUT2D eigenvalue weighted by Gasteiger charge is 2.61. The first-order chi connectivity index (χ1) is 11.8. The van der Waals surface area contributed by atoms with Crippen LogP contribution in [0, 0.1) is 0 Å². The van der Waals surface area contributed by atoms with Gasteiger partial charge in [-0.2, -0.15) is 0 Å². The first-order valence-corrected chi connectivity index (χ1v) is 8.54. The summed E-state index contributed by atoms with van der Waals surface area (Å²) in [6, 6.07) is -1.03. The van der Waals surface area contributed by atoms with Gasteiger partial charge in [0, 0.05) is 13.5 Å². The molecule has 9 heteroatoms. The highest BCUT2D eigenvalue weighted by atomic mass is 19.1. The van der Waals surface area contributed by atoms with Crippen molar-refractivity contribution in [2.24, 2.45) is 0 Å². The zero-order valence-corrected chi connectivity index (χ0v) is 15.2. The molecule has 146 valence electrons. The van der Waals surface area contributed by atoms with Gasteiger partial charge in [-0.3, -0.25) is 4.79 Å². The first kappa shape index (κ1) is 21.8. The molecule has 0 aromatic heterocycles. The number of hydrogen-bond acceptors (Lipinski definition) is 7. The minimum atomic E-state index is -2.36. The van der Waals surface area contributed by atoms with E-state index < -0.39 is 42.1 Å². The summed E-state index contributed by atoms with van der Waals surface area (Å²) in [5.74, 6) is -3.87. The second kappa shape index (κ2) is 10.0. The van der Waals surface area contributed by atoms with Gasteiger partial charge in [0.05, 0.1) is 25.9 Å². The topological polar surface area (TPSA) is 106 Å². The number of alkyl halides is 1. The Morgan fingerprint density at radius 1 is 1.36 bits per heavy atom. The third kappa shape index (κ3) is 5.10. The van der Waals surface area contributed by atoms with Crippen molar-refractivity contribution < 1.29 is 33.3 Å². The van der Waals surface area contributed by atoms with Crippen molar-refractivity contribution in [3.63, 3.8) is 0 Å². The average molecular weight is 364 g/mol. The van der Waals surface area contributed by atoms with Crippen molar-refractivity contribution in [2.75, 3.05) is 26.8 Å². The van der Waals surface area contributed by atoms with Gasteiger partial charge in [-0.25, -0.2) is 9.18 Å². The highest BCUT2D eigenvalue weighted by Crippen LogP contribution is 2.35. The molecule has 0 spiro atoms. The van der Waals surface area contributed by atoms with E-state index in [1.165, 1.54) is 6.92 Å². The van der Waals surface area contributed by atoms with Crippen LogP contribution in [0.2, 0.25) is 0 Å². The zero-order chi connectivity index (χ0) is 19.0. The molecule has 1 amide bonds. The predicted molar refractivity (Wildman–Crippen MR) is 87.5 cm³/mol. The first-order valence-electron chi connectivity index (χ1n) is 8.54. The van der Waals surface area contributed by atoms with Crippen LogP contribution in [0.15, 0.2) is 0 Å². The lowest BCUT2D eigenvalue weighted by Crippen LogP contribution is -2.71. The van der Waals surface area contributed by atoms with Crippen LogP contribution in [0.5, 0.6) is 0 Å². The summed E-state index contributed by atoms with van der Waals surface area (Å²) in [6.07, 6.45) is -3.44. The number of halogens is 1. The molecule has 0 saturated carbocycles. The predicted octanol–water partition coefficient (Wildman–Crippen LogP) is -0.116. The van der Waals surface area contributed by atoms with Crippen LogP contribution >= 0.6 is 0 Å². The molecule has 1 heterocycles. The Morgan fingerprint density at radius 2 is 2.04 bits per heavy atom. The second-order valence-corrected chi connectivity index (χ2v) is 5.94. The summed E-state index contributed by atoms with van der Waals surface area (Å²) >= 11 is 0. The summed E-state index contributed by atoms with van der Waals surface area (Å²) in [5.41, 5.74) is 0. The fraction of sp³-hybridized carbons (Fsp3) is 0.875. The molecule has 1 aliphatic rings. The standard InChI is InChI=1S/C16H29FN2O6/c1-5-7-8-24-16(15(22)23-4)14(17)13(21)12(19-10(3)20)11(25-16)9-18-6-2/h11-14,18,21H,5-9H2,1-4H3,(H,19,20). The zero-order valence-electron chi connectivity index (χ0n) is 15.2. The van der Waals surface area contributed by atoms with Crippen LogP contribution in [-0.4, -0.2) is 74.0 Å². The largest absolute Gasteiger partial charge is 0.465 e. The number of likely N-dealkylation sites (N-methyl/N-ethyl adjacent to an activating group) is 1. The van der Waals surface area contributed by atoms with E-state index in [9.17, 15) is 19.1 Å². The molecule has 5 atom stereocenters. The Hall–Kier alpha value is -1.29. The molecule has 1 saturated heterocycles. The maximum atomic E-state index is 15.0. The molecule has 0 aromatic rings. The molecule has 1 fully saturated rings. The SMILES string of the molecule is CCCCOC1(C(=O)OC)OC(CNCC)C(NC(C)=O)C(O)C1F. The van der Waals surface area contributed by atoms with Gasteiger partial charge in [0.1, 0.15) is 6.10 Å². The normalized spacial score (nSPS) is 32.2. The van der Waals surface area contributed by atoms with Gasteiger partial charge in [-0.1, -0.05) is 20.3 Å². The van der Waals surface area contributed by atoms with E-state index >= 15 is 0 Å². The number of amides is 1. The molecule has 25 heavy (non-hydrogen) atoms. The number of carbonyl (C=O) groups is 2. The third-order valence-corrected chi connectivity index (χ3v) is 4.01. The number of aliphatic hydroxyl groups is 1. The number of methoxy groups -OCH3 is 1. The van der Waals surface area contributed by atoms with Crippen LogP contribution in [0.1, 0.15) is 33.6 Å². The molecule has 1 aliphatic heterocycles. The summed E-state index contributed by atoms with van der Waals surface area (Å²) < 4.78 is 30.7. The molecule has 0 aliphatic carbocycles. The molecule has 0 bridgehead atoms. The molecular weight excluding hydrogens is 335 g/mol. The van der Waals surface area contributed by atoms with E-state index in [0.29, 0.717) is 13.0 Å². The lowest BCUT2D eigenvalue weighted by molar-refractivity contribution is -0.322. The monoisotopic (exact) mass is 364 g/mol. The second-order valence-electron chi connectivity index (χ2n) is 5.94. The minimum Gasteiger partial charge on any atom is -0.465 e. The van der Waals surface area contributed by atoms with Crippen molar-refractivity contribution in [3.8, 4) is 0 Å². The summed E-state index contributed by atoms with van der Waals surface area (Å²) in [5, 5.41) is 15.9. The fourth-order valence-electron chi connectivity index (χ4n) is 2.70. The summed E-state index contributed by atoms with van der Waals surface area (Å²) in [4.78, 5) is 23.7. The third-order valence-electron chi connectivity index (χ3n) is 4.01. The minimum absolute atomic E-state index is 0.0669. The Morgan fingerprint density at radius 3 is 2.56 bits per heavy atom. The van der Waals surface area contributed by atoms with Gasteiger partial charge >= 0.3 is 11.8 Å². The quantitative estimate of drug-likeness (QED) is 0.387. The van der Waals surface area contributed by atoms with Gasteiger partial charge in [0.2, 0.25) is 5.91 Å². The Labute approximate surface area is 147 Å². The van der Waals surface area contributed by atoms with Gasteiger partial charge in [0.15, 0.2) is 6.17 Å². The number of unbranched alkanes of at least 4 members (excludes halogenated alkanes) is 1. The molecule has 3 N–H and O–H groups in total. The van der Waals surface area contributed by atoms with E-state index in [2.05, 4.69) is 15.4 Å². The van der Waals surface area contributed by atoms with Crippen LogP contribution in [0.25, 0.3) is 0 Å². The van der Waals surface area contributed by atoms with Gasteiger partial charge in [-0.05, 0) is 13.0 Å². The Balaban J connectivity index is 3.14. The number of esters is 1. The number of aliphatic hydroxyl groups excluding tert-OH is 1. The molecule has 8 nitrogen and oxygen atoms in total. The highest BCUT2D eigenvalue weighted by molar-refractivity contribution is 5.79. The average Bonchev–Trinajstić information content (AvgIpc) is 2.59. The van der Waals surface area contributed by atoms with Crippen LogP contribution in [-0.2, 0) is 23.8 Å². The number of ether oxygens (including phenoxy) is 3. The van der Waals surface area contributed by atoms with E-state index in [-0.39, 0.29) is 13.2 Å². The Bertz CT molecular complexity index is 452. The number of carbonyl (C=O) groups excluding carboxylic acids is 2. The van der Waals surface area contributed by atoms with Gasteiger partial charge < -0.3 is 30.0 Å². The van der Waals surface area contributed by atoms with E-state index in [1.54, 1.807) is 0 Å².